The second-order valence-corrected chi connectivity index (χ2v) is 4.39. The normalized spacial score (nSPS) is 10.9. The predicted molar refractivity (Wildman–Crippen MR) is 73.8 cm³/mol. The average Bonchev–Trinajstić information content (AvgIpc) is 2.52. The zero-order valence-corrected chi connectivity index (χ0v) is 11.5. The molecule has 0 fully saturated rings. The number of hydrogen-bond donors (Lipinski definition) is 5. The minimum atomic E-state index is -1.65. The summed E-state index contributed by atoms with van der Waals surface area (Å²) in [6.07, 6.45) is 0. The van der Waals surface area contributed by atoms with E-state index >= 15 is 0 Å². The molecule has 0 radical (unpaired) electrons. The van der Waals surface area contributed by atoms with Crippen molar-refractivity contribution in [1.29, 1.82) is 0 Å². The Bertz CT molecular complexity index is 493. The Morgan fingerprint density at radius 1 is 1.14 bits per heavy atom. The molecule has 0 aromatic heterocycles. The topological polar surface area (TPSA) is 128 Å². The molecular weight excluding hydrogens is 280 g/mol. The van der Waals surface area contributed by atoms with Gasteiger partial charge in [0.15, 0.2) is 0 Å². The SMILES string of the molecule is COc1cccc(NC(=O)C(=O)NC(CO)(CO)CO)c1. The van der Waals surface area contributed by atoms with Gasteiger partial charge in [0.05, 0.1) is 26.9 Å². The molecule has 0 saturated heterocycles. The highest BCUT2D eigenvalue weighted by Crippen LogP contribution is 2.16. The van der Waals surface area contributed by atoms with E-state index in [0.717, 1.165) is 0 Å². The third-order valence-corrected chi connectivity index (χ3v) is 2.82. The fraction of sp³-hybridized carbons (Fsp3) is 0.385. The van der Waals surface area contributed by atoms with Crippen LogP contribution in [0, 0.1) is 0 Å². The first-order valence-corrected chi connectivity index (χ1v) is 6.10. The van der Waals surface area contributed by atoms with Crippen LogP contribution in [0.5, 0.6) is 5.75 Å². The number of nitrogens with one attached hydrogen (secondary N) is 2. The van der Waals surface area contributed by atoms with Gasteiger partial charge in [-0.3, -0.25) is 9.59 Å². The number of carbonyl (C=O) groups excluding carboxylic acids is 2. The van der Waals surface area contributed by atoms with Crippen LogP contribution >= 0.6 is 0 Å². The van der Waals surface area contributed by atoms with Gasteiger partial charge in [-0.2, -0.15) is 0 Å². The molecule has 0 bridgehead atoms. The second-order valence-electron chi connectivity index (χ2n) is 4.39. The smallest absolute Gasteiger partial charge is 0.313 e. The van der Waals surface area contributed by atoms with Crippen LogP contribution in [-0.2, 0) is 9.59 Å². The molecule has 0 aliphatic rings. The highest BCUT2D eigenvalue weighted by atomic mass is 16.5. The molecule has 0 atom stereocenters. The van der Waals surface area contributed by atoms with E-state index in [1.807, 2.05) is 0 Å². The number of rotatable bonds is 6. The van der Waals surface area contributed by atoms with Crippen LogP contribution in [0.3, 0.4) is 0 Å². The van der Waals surface area contributed by atoms with Crippen molar-refractivity contribution in [3.63, 3.8) is 0 Å². The van der Waals surface area contributed by atoms with E-state index in [4.69, 9.17) is 20.1 Å². The fourth-order valence-corrected chi connectivity index (χ4v) is 1.45. The molecule has 2 amide bonds. The Morgan fingerprint density at radius 3 is 2.29 bits per heavy atom. The molecule has 116 valence electrons. The molecule has 21 heavy (non-hydrogen) atoms. The van der Waals surface area contributed by atoms with E-state index in [2.05, 4.69) is 10.6 Å². The van der Waals surface area contributed by atoms with Gasteiger partial charge in [-0.1, -0.05) is 6.07 Å². The quantitative estimate of drug-likeness (QED) is 0.405. The number of carbonyl (C=O) groups is 2. The van der Waals surface area contributed by atoms with Crippen LogP contribution in [0.4, 0.5) is 5.69 Å². The van der Waals surface area contributed by atoms with E-state index < -0.39 is 37.2 Å². The van der Waals surface area contributed by atoms with E-state index in [-0.39, 0.29) is 0 Å². The molecule has 1 aromatic rings. The van der Waals surface area contributed by atoms with Gasteiger partial charge < -0.3 is 30.7 Å². The molecule has 5 N–H and O–H groups in total. The van der Waals surface area contributed by atoms with E-state index in [0.29, 0.717) is 11.4 Å². The lowest BCUT2D eigenvalue weighted by Gasteiger charge is -2.28. The molecule has 0 saturated carbocycles. The summed E-state index contributed by atoms with van der Waals surface area (Å²) in [7, 11) is 1.46. The van der Waals surface area contributed by atoms with Gasteiger partial charge in [-0.15, -0.1) is 0 Å². The van der Waals surface area contributed by atoms with Gasteiger partial charge in [0, 0.05) is 11.8 Å². The number of aliphatic hydroxyl groups is 3. The Hall–Kier alpha value is -2.16. The first-order chi connectivity index (χ1) is 10.00. The van der Waals surface area contributed by atoms with Crippen molar-refractivity contribution in [1.82, 2.24) is 5.32 Å². The Morgan fingerprint density at radius 2 is 1.76 bits per heavy atom. The highest BCUT2D eigenvalue weighted by molar-refractivity contribution is 6.39. The van der Waals surface area contributed by atoms with E-state index in [1.165, 1.54) is 13.2 Å². The van der Waals surface area contributed by atoms with Crippen molar-refractivity contribution in [3.8, 4) is 5.75 Å². The lowest BCUT2D eigenvalue weighted by atomic mass is 10.0. The van der Waals surface area contributed by atoms with Crippen molar-refractivity contribution in [2.24, 2.45) is 0 Å². The molecule has 0 spiro atoms. The molecule has 8 nitrogen and oxygen atoms in total. The lowest BCUT2D eigenvalue weighted by molar-refractivity contribution is -0.138. The van der Waals surface area contributed by atoms with Gasteiger partial charge in [-0.05, 0) is 12.1 Å². The summed E-state index contributed by atoms with van der Waals surface area (Å²) in [4.78, 5) is 23.4. The fourth-order valence-electron chi connectivity index (χ4n) is 1.45. The number of aliphatic hydroxyl groups excluding tert-OH is 3. The van der Waals surface area contributed by atoms with Crippen LogP contribution in [0.25, 0.3) is 0 Å². The molecule has 0 heterocycles. The Balaban J connectivity index is 2.72. The third-order valence-electron chi connectivity index (χ3n) is 2.82. The Kier molecular flexibility index (Phi) is 6.10. The molecule has 0 unspecified atom stereocenters. The monoisotopic (exact) mass is 298 g/mol. The van der Waals surface area contributed by atoms with E-state index in [9.17, 15) is 9.59 Å². The van der Waals surface area contributed by atoms with Gasteiger partial charge in [-0.25, -0.2) is 0 Å². The summed E-state index contributed by atoms with van der Waals surface area (Å²) in [5.41, 5.74) is -1.31. The van der Waals surface area contributed by atoms with Crippen LogP contribution in [0.1, 0.15) is 0 Å². The van der Waals surface area contributed by atoms with Crippen LogP contribution in [0.15, 0.2) is 24.3 Å². The van der Waals surface area contributed by atoms with E-state index in [1.54, 1.807) is 18.2 Å². The summed E-state index contributed by atoms with van der Waals surface area (Å²) < 4.78 is 4.98. The highest BCUT2D eigenvalue weighted by Gasteiger charge is 2.32. The lowest BCUT2D eigenvalue weighted by Crippen LogP contribution is -2.59. The third kappa shape index (κ3) is 4.42. The molecule has 0 aliphatic carbocycles. The van der Waals surface area contributed by atoms with Crippen molar-refractivity contribution in [2.75, 3.05) is 32.2 Å². The number of benzene rings is 1. The number of hydrogen-bond acceptors (Lipinski definition) is 6. The molecule has 8 heteroatoms. The summed E-state index contributed by atoms with van der Waals surface area (Å²) in [5, 5.41) is 31.7. The summed E-state index contributed by atoms with van der Waals surface area (Å²) in [6.45, 7) is -2.13. The van der Waals surface area contributed by atoms with Gasteiger partial charge >= 0.3 is 11.8 Å². The largest absolute Gasteiger partial charge is 0.497 e. The predicted octanol–water partition coefficient (Wildman–Crippen LogP) is -1.53. The number of ether oxygens (including phenoxy) is 1. The first-order valence-electron chi connectivity index (χ1n) is 6.10. The zero-order chi connectivity index (χ0) is 15.9. The number of anilines is 1. The standard InChI is InChI=1S/C13H18N2O6/c1-21-10-4-2-3-9(5-10)14-11(19)12(20)15-13(6-16,7-17)8-18/h2-5,16-18H,6-8H2,1H3,(H,14,19)(H,15,20). The van der Waals surface area contributed by atoms with Crippen LogP contribution in [0.2, 0.25) is 0 Å². The summed E-state index contributed by atoms with van der Waals surface area (Å²) >= 11 is 0. The Labute approximate surface area is 121 Å². The molecular formula is C13H18N2O6. The maximum absolute atomic E-state index is 11.7. The van der Waals surface area contributed by atoms with Crippen molar-refractivity contribution < 1.29 is 29.6 Å². The maximum Gasteiger partial charge on any atom is 0.313 e. The second kappa shape index (κ2) is 7.58. The summed E-state index contributed by atoms with van der Waals surface area (Å²) in [6, 6.07) is 6.38. The van der Waals surface area contributed by atoms with Gasteiger partial charge in [0.2, 0.25) is 0 Å². The van der Waals surface area contributed by atoms with Crippen LogP contribution in [-0.4, -0.2) is 59.6 Å². The first kappa shape index (κ1) is 16.9. The van der Waals surface area contributed by atoms with Crippen LogP contribution < -0.4 is 15.4 Å². The molecule has 0 aliphatic heterocycles. The number of amides is 2. The molecule has 1 rings (SSSR count). The van der Waals surface area contributed by atoms with Crippen molar-refractivity contribution in [2.45, 2.75) is 5.54 Å². The number of methoxy groups -OCH3 is 1. The zero-order valence-electron chi connectivity index (χ0n) is 11.5. The average molecular weight is 298 g/mol. The van der Waals surface area contributed by atoms with Crippen molar-refractivity contribution >= 4 is 17.5 Å². The maximum atomic E-state index is 11.7. The minimum absolute atomic E-state index is 0.345. The minimum Gasteiger partial charge on any atom is -0.497 e. The molecule has 1 aromatic carbocycles. The summed E-state index contributed by atoms with van der Waals surface area (Å²) in [5.74, 6) is -1.58. The van der Waals surface area contributed by atoms with Gasteiger partial charge in [0.1, 0.15) is 11.3 Å². The van der Waals surface area contributed by atoms with Gasteiger partial charge in [0.25, 0.3) is 0 Å². The van der Waals surface area contributed by atoms with Crippen molar-refractivity contribution in [3.05, 3.63) is 24.3 Å².